The van der Waals surface area contributed by atoms with E-state index in [0.29, 0.717) is 23.2 Å². The Morgan fingerprint density at radius 3 is 2.33 bits per heavy atom. The number of hydrogen-bond donors (Lipinski definition) is 1. The number of nitrogens with one attached hydrogen (secondary N) is 1. The number of allylic oxidation sites excluding steroid dienone is 1. The Labute approximate surface area is 237 Å². The zero-order valence-corrected chi connectivity index (χ0v) is 21.8. The molecule has 0 unspecified atom stereocenters. The molecule has 0 spiro atoms. The summed E-state index contributed by atoms with van der Waals surface area (Å²) in [5, 5.41) is 7.61. The molecule has 1 aliphatic carbocycles. The molecule has 5 aromatic rings. The van der Waals surface area contributed by atoms with Crippen molar-refractivity contribution in [3.8, 4) is 11.3 Å². The molecule has 8 nitrogen and oxygen atoms in total. The second kappa shape index (κ2) is 9.95. The highest BCUT2D eigenvalue weighted by Gasteiger charge is 2.43. The van der Waals surface area contributed by atoms with Crippen LogP contribution in [0.5, 0.6) is 0 Å². The van der Waals surface area contributed by atoms with Crippen LogP contribution in [0, 0.1) is 11.6 Å². The van der Waals surface area contributed by atoms with E-state index in [2.05, 4.69) is 20.4 Å². The fourth-order valence-corrected chi connectivity index (χ4v) is 5.54. The summed E-state index contributed by atoms with van der Waals surface area (Å²) in [6, 6.07) is 13.9. The zero-order chi connectivity index (χ0) is 29.0. The number of imide groups is 1. The van der Waals surface area contributed by atoms with Crippen molar-refractivity contribution in [3.63, 3.8) is 0 Å². The highest BCUT2D eigenvalue weighted by atomic mass is 19.1. The number of carbonyl (C=O) groups excluding carboxylic acids is 2. The summed E-state index contributed by atoms with van der Waals surface area (Å²) in [6.45, 7) is 0. The summed E-state index contributed by atoms with van der Waals surface area (Å²) in [7, 11) is 0. The maximum Gasteiger partial charge on any atom is 0.262 e. The molecule has 1 aliphatic heterocycles. The number of fused-ring (bicyclic) bond motifs is 2. The molecular formula is C31H21F3N6O2. The minimum Gasteiger partial charge on any atom is -0.322 e. The summed E-state index contributed by atoms with van der Waals surface area (Å²) in [6.07, 6.45) is 5.37. The van der Waals surface area contributed by atoms with Crippen LogP contribution in [0.1, 0.15) is 39.1 Å². The first-order chi connectivity index (χ1) is 20.4. The highest BCUT2D eigenvalue weighted by Crippen LogP contribution is 2.37. The van der Waals surface area contributed by atoms with Crippen LogP contribution in [0.25, 0.3) is 22.3 Å². The average molecular weight is 567 g/mol. The van der Waals surface area contributed by atoms with E-state index in [1.165, 1.54) is 16.6 Å². The van der Waals surface area contributed by atoms with Gasteiger partial charge in [0.25, 0.3) is 11.8 Å². The second-order valence-electron chi connectivity index (χ2n) is 10.0. The minimum atomic E-state index is -1.42. The summed E-state index contributed by atoms with van der Waals surface area (Å²) in [5.41, 5.74) is 2.83. The maximum absolute atomic E-state index is 15.3. The first-order valence-corrected chi connectivity index (χ1v) is 13.2. The Bertz CT molecular complexity index is 1880. The number of nitrogens with zero attached hydrogens (tertiary/aromatic N) is 5. The Balaban J connectivity index is 1.24. The molecule has 2 amide bonds. The van der Waals surface area contributed by atoms with Gasteiger partial charge < -0.3 is 5.32 Å². The van der Waals surface area contributed by atoms with E-state index in [4.69, 9.17) is 0 Å². The van der Waals surface area contributed by atoms with Crippen LogP contribution >= 0.6 is 0 Å². The van der Waals surface area contributed by atoms with Gasteiger partial charge >= 0.3 is 0 Å². The molecule has 0 saturated heterocycles. The molecular weight excluding hydrogens is 545 g/mol. The van der Waals surface area contributed by atoms with Gasteiger partial charge in [0.15, 0.2) is 0 Å². The molecule has 11 heteroatoms. The van der Waals surface area contributed by atoms with E-state index in [1.807, 2.05) is 0 Å². The molecule has 2 atom stereocenters. The van der Waals surface area contributed by atoms with Crippen LogP contribution < -0.4 is 5.32 Å². The number of aromatic nitrogens is 4. The highest BCUT2D eigenvalue weighted by molar-refractivity contribution is 6.21. The van der Waals surface area contributed by atoms with E-state index in [9.17, 15) is 18.4 Å². The van der Waals surface area contributed by atoms with Gasteiger partial charge in [-0.2, -0.15) is 9.61 Å². The summed E-state index contributed by atoms with van der Waals surface area (Å²) >= 11 is 0. The number of halogens is 3. The number of rotatable bonds is 5. The predicted octanol–water partition coefficient (Wildman–Crippen LogP) is 5.99. The van der Waals surface area contributed by atoms with Crippen LogP contribution in [0.2, 0.25) is 0 Å². The lowest BCUT2D eigenvalue weighted by Gasteiger charge is -2.31. The van der Waals surface area contributed by atoms with E-state index < -0.39 is 35.7 Å². The number of anilines is 2. The molecule has 208 valence electrons. The van der Waals surface area contributed by atoms with Gasteiger partial charge in [-0.05, 0) is 60.9 Å². The molecule has 42 heavy (non-hydrogen) atoms. The van der Waals surface area contributed by atoms with Crippen LogP contribution in [-0.2, 0) is 0 Å². The Hall–Kier alpha value is -5.32. The van der Waals surface area contributed by atoms with E-state index in [1.54, 1.807) is 61.1 Å². The topological polar surface area (TPSA) is 92.5 Å². The van der Waals surface area contributed by atoms with Crippen molar-refractivity contribution in [1.82, 2.24) is 24.5 Å². The Morgan fingerprint density at radius 2 is 1.60 bits per heavy atom. The third kappa shape index (κ3) is 4.12. The van der Waals surface area contributed by atoms with Gasteiger partial charge in [-0.25, -0.2) is 18.2 Å². The molecule has 0 fully saturated rings. The largest absolute Gasteiger partial charge is 0.322 e. The van der Waals surface area contributed by atoms with E-state index in [-0.39, 0.29) is 34.8 Å². The van der Waals surface area contributed by atoms with Gasteiger partial charge in [0.05, 0.1) is 52.0 Å². The molecule has 0 radical (unpaired) electrons. The van der Waals surface area contributed by atoms with Crippen LogP contribution in [0.15, 0.2) is 85.3 Å². The number of alkyl halides is 1. The molecule has 3 aromatic heterocycles. The predicted molar refractivity (Wildman–Crippen MR) is 149 cm³/mol. The normalized spacial score (nSPS) is 18.4. The zero-order valence-electron chi connectivity index (χ0n) is 21.8. The van der Waals surface area contributed by atoms with Crippen LogP contribution in [0.4, 0.5) is 24.8 Å². The van der Waals surface area contributed by atoms with Gasteiger partial charge in [0.1, 0.15) is 17.8 Å². The second-order valence-corrected chi connectivity index (χ2v) is 10.0. The number of amides is 2. The van der Waals surface area contributed by atoms with Crippen molar-refractivity contribution >= 4 is 34.5 Å². The van der Waals surface area contributed by atoms with Crippen LogP contribution in [0.3, 0.4) is 0 Å². The quantitative estimate of drug-likeness (QED) is 0.263. The first kappa shape index (κ1) is 25.6. The average Bonchev–Trinajstić information content (AvgIpc) is 3.51. The minimum absolute atomic E-state index is 0.0818. The van der Waals surface area contributed by atoms with Gasteiger partial charge in [-0.1, -0.05) is 24.3 Å². The third-order valence-electron chi connectivity index (χ3n) is 7.57. The van der Waals surface area contributed by atoms with Gasteiger partial charge in [0, 0.05) is 11.8 Å². The fourth-order valence-electron chi connectivity index (χ4n) is 5.54. The van der Waals surface area contributed by atoms with Crippen LogP contribution in [-0.4, -0.2) is 48.5 Å². The van der Waals surface area contributed by atoms with Gasteiger partial charge in [0.2, 0.25) is 5.95 Å². The van der Waals surface area contributed by atoms with E-state index >= 15 is 4.39 Å². The monoisotopic (exact) mass is 566 g/mol. The van der Waals surface area contributed by atoms with Crippen molar-refractivity contribution in [2.75, 3.05) is 5.32 Å². The third-order valence-corrected chi connectivity index (χ3v) is 7.57. The molecule has 2 aromatic carbocycles. The first-order valence-electron chi connectivity index (χ1n) is 13.2. The smallest absolute Gasteiger partial charge is 0.262 e. The number of carbonyl (C=O) groups is 2. The summed E-state index contributed by atoms with van der Waals surface area (Å²) in [5.74, 6) is -2.27. The SMILES string of the molecule is O=C1c2ccccc2C(=O)N1[C@H]1C=C(c2ccncc2Nc2ncc3ccc(-c4c(F)cccc4F)nn23)CC[C@@H]1F. The van der Waals surface area contributed by atoms with Crippen molar-refractivity contribution < 1.29 is 22.8 Å². The molecule has 4 heterocycles. The van der Waals surface area contributed by atoms with Gasteiger partial charge in [-0.3, -0.25) is 19.5 Å². The summed E-state index contributed by atoms with van der Waals surface area (Å²) in [4.78, 5) is 35.8. The van der Waals surface area contributed by atoms with Crippen molar-refractivity contribution in [2.24, 2.45) is 0 Å². The number of imidazole rings is 1. The van der Waals surface area contributed by atoms with Crippen molar-refractivity contribution in [3.05, 3.63) is 114 Å². The van der Waals surface area contributed by atoms with Crippen molar-refractivity contribution in [2.45, 2.75) is 25.1 Å². The number of benzene rings is 2. The lowest BCUT2D eigenvalue weighted by Crippen LogP contribution is -2.45. The Morgan fingerprint density at radius 1 is 0.857 bits per heavy atom. The van der Waals surface area contributed by atoms with Crippen molar-refractivity contribution in [1.29, 1.82) is 0 Å². The molecule has 0 saturated carbocycles. The fraction of sp³-hybridized carbons (Fsp3) is 0.129. The Kier molecular flexibility index (Phi) is 6.07. The molecule has 1 N–H and O–H groups in total. The lowest BCUT2D eigenvalue weighted by molar-refractivity contribution is 0.0532. The number of pyridine rings is 1. The molecule has 0 bridgehead atoms. The summed E-state index contributed by atoms with van der Waals surface area (Å²) < 4.78 is 45.6. The maximum atomic E-state index is 15.3. The standard InChI is InChI=1S/C31H21F3N6O2/c32-22-10-8-17(14-27(22)39-29(41)20-4-1-2-5-21(20)30(39)42)19-12-13-35-16-26(19)37-31-36-15-18-9-11-25(38-40(18)31)28-23(33)6-3-7-24(28)34/h1-7,9,11-16,22,27H,8,10H2,(H,36,37)/t22-,27-/m0/s1. The molecule has 7 rings (SSSR count). The van der Waals surface area contributed by atoms with E-state index in [0.717, 1.165) is 22.6 Å². The van der Waals surface area contributed by atoms with Gasteiger partial charge in [-0.15, -0.1) is 0 Å². The number of hydrogen-bond acceptors (Lipinski definition) is 6. The molecule has 2 aliphatic rings. The lowest BCUT2D eigenvalue weighted by atomic mass is 9.88.